The lowest BCUT2D eigenvalue weighted by Crippen LogP contribution is -2.35. The van der Waals surface area contributed by atoms with Gasteiger partial charge >= 0.3 is 0 Å². The monoisotopic (exact) mass is 415 g/mol. The Bertz CT molecular complexity index is 1080. The summed E-state index contributed by atoms with van der Waals surface area (Å²) in [6.07, 6.45) is 1.73. The first-order valence-corrected chi connectivity index (χ1v) is 11.1. The molecule has 0 saturated carbocycles. The Labute approximate surface area is 171 Å². The van der Waals surface area contributed by atoms with Crippen molar-refractivity contribution in [1.82, 2.24) is 4.90 Å². The van der Waals surface area contributed by atoms with Crippen molar-refractivity contribution in [2.75, 3.05) is 36.0 Å². The topological polar surface area (TPSA) is 86.8 Å². The van der Waals surface area contributed by atoms with Gasteiger partial charge in [0.25, 0.3) is 5.91 Å². The van der Waals surface area contributed by atoms with Crippen LogP contribution in [0.4, 0.5) is 11.4 Å². The number of hydrogen-bond acceptors (Lipinski definition) is 4. The van der Waals surface area contributed by atoms with Gasteiger partial charge in [-0.2, -0.15) is 0 Å². The van der Waals surface area contributed by atoms with Crippen LogP contribution in [0.25, 0.3) is 0 Å². The van der Waals surface area contributed by atoms with Crippen LogP contribution in [-0.2, 0) is 21.2 Å². The molecule has 0 fully saturated rings. The lowest BCUT2D eigenvalue weighted by atomic mass is 10.1. The number of rotatable bonds is 5. The van der Waals surface area contributed by atoms with Crippen molar-refractivity contribution >= 4 is 33.2 Å². The summed E-state index contributed by atoms with van der Waals surface area (Å²) in [5.41, 5.74) is 4.65. The second kappa shape index (κ2) is 7.87. The molecule has 0 bridgehead atoms. The zero-order valence-electron chi connectivity index (χ0n) is 17.0. The fourth-order valence-corrected chi connectivity index (χ4v) is 4.39. The third-order valence-electron chi connectivity index (χ3n) is 5.19. The molecule has 1 aliphatic heterocycles. The van der Waals surface area contributed by atoms with E-state index in [-0.39, 0.29) is 18.4 Å². The zero-order valence-corrected chi connectivity index (χ0v) is 17.8. The summed E-state index contributed by atoms with van der Waals surface area (Å²) >= 11 is 0. The molecule has 2 aromatic carbocycles. The van der Waals surface area contributed by atoms with Crippen molar-refractivity contribution in [2.24, 2.45) is 0 Å². The minimum atomic E-state index is -3.33. The average Bonchev–Trinajstić information content (AvgIpc) is 3.08. The first-order valence-electron chi connectivity index (χ1n) is 9.30. The van der Waals surface area contributed by atoms with Crippen molar-refractivity contribution < 1.29 is 18.0 Å². The fraction of sp³-hybridized carbons (Fsp3) is 0.333. The van der Waals surface area contributed by atoms with E-state index in [0.29, 0.717) is 24.2 Å². The molecule has 1 aliphatic rings. The largest absolute Gasteiger partial charge is 0.332 e. The lowest BCUT2D eigenvalue weighted by molar-refractivity contribution is -0.116. The van der Waals surface area contributed by atoms with E-state index in [2.05, 4.69) is 5.32 Å². The highest BCUT2D eigenvalue weighted by atomic mass is 32.2. The molecule has 7 nitrogen and oxygen atoms in total. The minimum absolute atomic E-state index is 0.0846. The number of hydrogen-bond donors (Lipinski definition) is 1. The molecule has 1 heterocycles. The van der Waals surface area contributed by atoms with E-state index in [0.717, 1.165) is 22.4 Å². The van der Waals surface area contributed by atoms with Gasteiger partial charge in [-0.3, -0.25) is 13.9 Å². The van der Waals surface area contributed by atoms with Crippen LogP contribution in [0.1, 0.15) is 27.0 Å². The maximum atomic E-state index is 12.7. The van der Waals surface area contributed by atoms with Gasteiger partial charge in [-0.05, 0) is 61.2 Å². The number of benzene rings is 2. The van der Waals surface area contributed by atoms with Crippen LogP contribution in [0.15, 0.2) is 36.4 Å². The van der Waals surface area contributed by atoms with Gasteiger partial charge in [0.15, 0.2) is 0 Å². The quantitative estimate of drug-likeness (QED) is 0.812. The molecule has 0 aromatic heterocycles. The van der Waals surface area contributed by atoms with Crippen LogP contribution < -0.4 is 9.62 Å². The Balaban J connectivity index is 1.69. The van der Waals surface area contributed by atoms with Crippen LogP contribution in [-0.4, -0.2) is 51.5 Å². The molecule has 154 valence electrons. The highest BCUT2D eigenvalue weighted by Gasteiger charge is 2.27. The molecule has 1 N–H and O–H groups in total. The van der Waals surface area contributed by atoms with Crippen molar-refractivity contribution in [2.45, 2.75) is 20.3 Å². The molecular formula is C21H25N3O4S. The maximum Gasteiger partial charge on any atom is 0.254 e. The predicted octanol–water partition coefficient (Wildman–Crippen LogP) is 2.34. The molecule has 3 rings (SSSR count). The Morgan fingerprint density at radius 3 is 2.59 bits per heavy atom. The highest BCUT2D eigenvalue weighted by molar-refractivity contribution is 7.92. The van der Waals surface area contributed by atoms with Gasteiger partial charge in [0.1, 0.15) is 0 Å². The van der Waals surface area contributed by atoms with Crippen LogP contribution in [0.5, 0.6) is 0 Å². The summed E-state index contributed by atoms with van der Waals surface area (Å²) in [4.78, 5) is 26.5. The molecule has 2 aromatic rings. The van der Waals surface area contributed by atoms with Crippen LogP contribution >= 0.6 is 0 Å². The molecule has 2 amide bonds. The number of fused-ring (bicyclic) bond motifs is 1. The minimum Gasteiger partial charge on any atom is -0.332 e. The Morgan fingerprint density at radius 1 is 1.17 bits per heavy atom. The van der Waals surface area contributed by atoms with Crippen molar-refractivity contribution in [3.63, 3.8) is 0 Å². The number of anilines is 2. The van der Waals surface area contributed by atoms with E-state index in [1.807, 2.05) is 32.0 Å². The van der Waals surface area contributed by atoms with Crippen LogP contribution in [0.3, 0.4) is 0 Å². The SMILES string of the molecule is Cc1cccc(NC(=O)CN(C)C(=O)c2ccc3c(c2)CCN3S(C)(=O)=O)c1C. The highest BCUT2D eigenvalue weighted by Crippen LogP contribution is 2.31. The van der Waals surface area contributed by atoms with E-state index < -0.39 is 10.0 Å². The Morgan fingerprint density at radius 2 is 1.90 bits per heavy atom. The number of likely N-dealkylation sites (N-methyl/N-ethyl adjacent to an activating group) is 1. The van der Waals surface area contributed by atoms with E-state index in [1.165, 1.54) is 15.5 Å². The Kier molecular flexibility index (Phi) is 5.66. The normalized spacial score (nSPS) is 13.2. The van der Waals surface area contributed by atoms with Crippen molar-refractivity contribution in [1.29, 1.82) is 0 Å². The predicted molar refractivity (Wildman–Crippen MR) is 114 cm³/mol. The molecule has 0 aliphatic carbocycles. The van der Waals surface area contributed by atoms with Crippen molar-refractivity contribution in [3.05, 3.63) is 58.7 Å². The van der Waals surface area contributed by atoms with E-state index in [9.17, 15) is 18.0 Å². The molecule has 0 saturated heterocycles. The van der Waals surface area contributed by atoms with Gasteiger partial charge in [0.2, 0.25) is 15.9 Å². The summed E-state index contributed by atoms with van der Waals surface area (Å²) in [5, 5.41) is 2.85. The summed E-state index contributed by atoms with van der Waals surface area (Å²) in [6.45, 7) is 4.20. The van der Waals surface area contributed by atoms with Crippen LogP contribution in [0, 0.1) is 13.8 Å². The van der Waals surface area contributed by atoms with E-state index >= 15 is 0 Å². The van der Waals surface area contributed by atoms with Gasteiger partial charge in [-0.15, -0.1) is 0 Å². The number of aryl methyl sites for hydroxylation is 1. The third kappa shape index (κ3) is 4.42. The van der Waals surface area contributed by atoms with Gasteiger partial charge in [0, 0.05) is 24.8 Å². The second-order valence-corrected chi connectivity index (χ2v) is 9.29. The zero-order chi connectivity index (χ0) is 21.3. The number of carbonyl (C=O) groups excluding carboxylic acids is 2. The summed E-state index contributed by atoms with van der Waals surface area (Å²) < 4.78 is 25.0. The number of nitrogens with zero attached hydrogens (tertiary/aromatic N) is 2. The van der Waals surface area contributed by atoms with Gasteiger partial charge in [0.05, 0.1) is 18.5 Å². The molecule has 29 heavy (non-hydrogen) atoms. The van der Waals surface area contributed by atoms with Gasteiger partial charge in [-0.25, -0.2) is 8.42 Å². The average molecular weight is 416 g/mol. The summed E-state index contributed by atoms with van der Waals surface area (Å²) in [6, 6.07) is 10.6. The fourth-order valence-electron chi connectivity index (χ4n) is 3.43. The van der Waals surface area contributed by atoms with Crippen LogP contribution in [0.2, 0.25) is 0 Å². The standard InChI is InChI=1S/C21H25N3O4S/c1-14-6-5-7-18(15(14)2)22-20(25)13-23(3)21(26)17-8-9-19-16(12-17)10-11-24(19)29(4,27)28/h5-9,12H,10-11,13H2,1-4H3,(H,22,25). The molecule has 8 heteroatoms. The smallest absolute Gasteiger partial charge is 0.254 e. The van der Waals surface area contributed by atoms with E-state index in [1.54, 1.807) is 25.2 Å². The third-order valence-corrected chi connectivity index (χ3v) is 6.37. The maximum absolute atomic E-state index is 12.7. The number of amides is 2. The first kappa shape index (κ1) is 20.9. The summed E-state index contributed by atoms with van der Waals surface area (Å²) in [5.74, 6) is -0.569. The second-order valence-electron chi connectivity index (χ2n) is 7.39. The Hall–Kier alpha value is -2.87. The molecule has 0 spiro atoms. The summed E-state index contributed by atoms with van der Waals surface area (Å²) in [7, 11) is -1.76. The van der Waals surface area contributed by atoms with E-state index in [4.69, 9.17) is 0 Å². The first-order chi connectivity index (χ1) is 13.6. The number of carbonyl (C=O) groups is 2. The van der Waals surface area contributed by atoms with Gasteiger partial charge in [-0.1, -0.05) is 12.1 Å². The molecular weight excluding hydrogens is 390 g/mol. The molecule has 0 radical (unpaired) electrons. The van der Waals surface area contributed by atoms with Gasteiger partial charge < -0.3 is 10.2 Å². The molecule has 0 atom stereocenters. The lowest BCUT2D eigenvalue weighted by Gasteiger charge is -2.19. The molecule has 0 unspecified atom stereocenters. The van der Waals surface area contributed by atoms with Crippen molar-refractivity contribution in [3.8, 4) is 0 Å². The number of sulfonamides is 1. The number of nitrogens with one attached hydrogen (secondary N) is 1.